The average molecular weight is 412 g/mol. The van der Waals surface area contributed by atoms with Crippen LogP contribution in [0.3, 0.4) is 0 Å². The maximum absolute atomic E-state index is 12.8. The second-order valence-corrected chi connectivity index (χ2v) is 7.50. The number of benzene rings is 1. The molecule has 0 aliphatic carbocycles. The second-order valence-electron chi connectivity index (χ2n) is 7.50. The molecule has 2 aromatic heterocycles. The summed E-state index contributed by atoms with van der Waals surface area (Å²) in [6.07, 6.45) is 1.68. The zero-order valence-electron chi connectivity index (χ0n) is 17.1. The molecule has 0 saturated carbocycles. The number of rotatable bonds is 5. The lowest BCUT2D eigenvalue weighted by atomic mass is 10.2. The SMILES string of the molecule is Cc1cc2c(cc1Nc1ncc3c(n1)n(CCN1CCOCC1)c(=O)n3C)OCO2. The first-order valence-electron chi connectivity index (χ1n) is 10.00. The summed E-state index contributed by atoms with van der Waals surface area (Å²) in [5.41, 5.74) is 3.04. The highest BCUT2D eigenvalue weighted by molar-refractivity contribution is 5.73. The van der Waals surface area contributed by atoms with Crippen molar-refractivity contribution in [3.05, 3.63) is 34.4 Å². The number of imidazole rings is 1. The fourth-order valence-electron chi connectivity index (χ4n) is 3.80. The summed E-state index contributed by atoms with van der Waals surface area (Å²) < 4.78 is 19.6. The summed E-state index contributed by atoms with van der Waals surface area (Å²) >= 11 is 0. The summed E-state index contributed by atoms with van der Waals surface area (Å²) in [6, 6.07) is 3.80. The van der Waals surface area contributed by atoms with E-state index in [4.69, 9.17) is 14.2 Å². The van der Waals surface area contributed by atoms with Crippen molar-refractivity contribution < 1.29 is 14.2 Å². The molecule has 30 heavy (non-hydrogen) atoms. The Bertz CT molecular complexity index is 1150. The molecule has 0 atom stereocenters. The maximum atomic E-state index is 12.8. The number of nitrogens with zero attached hydrogens (tertiary/aromatic N) is 5. The van der Waals surface area contributed by atoms with E-state index in [9.17, 15) is 4.79 Å². The third kappa shape index (κ3) is 3.37. The molecule has 0 spiro atoms. The zero-order valence-corrected chi connectivity index (χ0v) is 17.1. The third-order valence-electron chi connectivity index (χ3n) is 5.59. The quantitative estimate of drug-likeness (QED) is 0.669. The highest BCUT2D eigenvalue weighted by atomic mass is 16.7. The zero-order chi connectivity index (χ0) is 20.7. The Morgan fingerprint density at radius 3 is 2.70 bits per heavy atom. The number of hydrogen-bond donors (Lipinski definition) is 1. The van der Waals surface area contributed by atoms with Gasteiger partial charge in [0.05, 0.1) is 19.4 Å². The van der Waals surface area contributed by atoms with Crippen LogP contribution in [0, 0.1) is 6.92 Å². The summed E-state index contributed by atoms with van der Waals surface area (Å²) in [5.74, 6) is 1.84. The van der Waals surface area contributed by atoms with E-state index in [0.717, 1.165) is 49.8 Å². The minimum atomic E-state index is -0.0935. The fraction of sp³-hybridized carbons (Fsp3) is 0.450. The van der Waals surface area contributed by atoms with Crippen LogP contribution in [0.1, 0.15) is 5.56 Å². The maximum Gasteiger partial charge on any atom is 0.330 e. The molecule has 0 bridgehead atoms. The smallest absolute Gasteiger partial charge is 0.330 e. The Morgan fingerprint density at radius 1 is 1.13 bits per heavy atom. The van der Waals surface area contributed by atoms with Crippen molar-refractivity contribution in [1.29, 1.82) is 0 Å². The molecule has 10 heteroatoms. The van der Waals surface area contributed by atoms with E-state index in [1.807, 2.05) is 19.1 Å². The Hall–Kier alpha value is -3.11. The standard InChI is InChI=1S/C20H24N6O4/c1-13-9-16-17(30-12-29-16)10-14(13)22-19-21-11-15-18(23-19)26(20(27)24(15)2)4-3-25-5-7-28-8-6-25/h9-11H,3-8,12H2,1-2H3,(H,21,22,23). The third-order valence-corrected chi connectivity index (χ3v) is 5.59. The van der Waals surface area contributed by atoms with Gasteiger partial charge in [0.2, 0.25) is 12.7 Å². The molecular formula is C20H24N6O4. The second kappa shape index (κ2) is 7.62. The van der Waals surface area contributed by atoms with Crippen LogP contribution in [0.2, 0.25) is 0 Å². The van der Waals surface area contributed by atoms with Crippen LogP contribution in [-0.2, 0) is 18.3 Å². The highest BCUT2D eigenvalue weighted by Crippen LogP contribution is 2.37. The number of aromatic nitrogens is 4. The molecule has 158 valence electrons. The van der Waals surface area contributed by atoms with Gasteiger partial charge in [-0.3, -0.25) is 14.0 Å². The van der Waals surface area contributed by atoms with Crippen molar-refractivity contribution >= 4 is 22.8 Å². The number of morpholine rings is 1. The topological polar surface area (TPSA) is 95.7 Å². The van der Waals surface area contributed by atoms with Crippen LogP contribution in [0.25, 0.3) is 11.2 Å². The van der Waals surface area contributed by atoms with Gasteiger partial charge in [0.25, 0.3) is 0 Å². The number of nitrogens with one attached hydrogen (secondary N) is 1. The van der Waals surface area contributed by atoms with Crippen molar-refractivity contribution in [2.45, 2.75) is 13.5 Å². The summed E-state index contributed by atoms with van der Waals surface area (Å²) in [6.45, 7) is 6.76. The van der Waals surface area contributed by atoms with Gasteiger partial charge in [0.15, 0.2) is 17.1 Å². The molecule has 2 aliphatic rings. The van der Waals surface area contributed by atoms with Gasteiger partial charge >= 0.3 is 5.69 Å². The number of aryl methyl sites for hydroxylation is 2. The highest BCUT2D eigenvalue weighted by Gasteiger charge is 2.18. The van der Waals surface area contributed by atoms with E-state index in [1.54, 1.807) is 22.4 Å². The van der Waals surface area contributed by atoms with Crippen LogP contribution in [0.15, 0.2) is 23.1 Å². The van der Waals surface area contributed by atoms with Gasteiger partial charge in [0.1, 0.15) is 5.52 Å². The monoisotopic (exact) mass is 412 g/mol. The molecule has 0 radical (unpaired) electrons. The van der Waals surface area contributed by atoms with Crippen LogP contribution < -0.4 is 20.5 Å². The molecule has 1 fully saturated rings. The molecule has 2 aliphatic heterocycles. The van der Waals surface area contributed by atoms with Crippen molar-refractivity contribution in [3.63, 3.8) is 0 Å². The normalized spacial score (nSPS) is 16.3. The van der Waals surface area contributed by atoms with Crippen LogP contribution in [-0.4, -0.2) is 63.6 Å². The van der Waals surface area contributed by atoms with E-state index < -0.39 is 0 Å². The van der Waals surface area contributed by atoms with Gasteiger partial charge in [-0.15, -0.1) is 0 Å². The van der Waals surface area contributed by atoms with Crippen LogP contribution in [0.4, 0.5) is 11.6 Å². The Kier molecular flexibility index (Phi) is 4.80. The van der Waals surface area contributed by atoms with Crippen LogP contribution >= 0.6 is 0 Å². The van der Waals surface area contributed by atoms with Gasteiger partial charge in [-0.2, -0.15) is 4.98 Å². The Labute approximate surface area is 173 Å². The molecule has 0 unspecified atom stereocenters. The van der Waals surface area contributed by atoms with Crippen molar-refractivity contribution in [2.75, 3.05) is 45.0 Å². The van der Waals surface area contributed by atoms with Gasteiger partial charge in [0, 0.05) is 45.0 Å². The largest absolute Gasteiger partial charge is 0.454 e. The molecule has 10 nitrogen and oxygen atoms in total. The Morgan fingerprint density at radius 2 is 1.90 bits per heavy atom. The van der Waals surface area contributed by atoms with E-state index >= 15 is 0 Å². The van der Waals surface area contributed by atoms with Gasteiger partial charge < -0.3 is 19.5 Å². The molecule has 1 saturated heterocycles. The van der Waals surface area contributed by atoms with E-state index in [2.05, 4.69) is 20.2 Å². The number of fused-ring (bicyclic) bond motifs is 2. The average Bonchev–Trinajstić information content (AvgIpc) is 3.30. The number of hydrogen-bond acceptors (Lipinski definition) is 8. The van der Waals surface area contributed by atoms with Gasteiger partial charge in [-0.05, 0) is 18.6 Å². The summed E-state index contributed by atoms with van der Waals surface area (Å²) in [4.78, 5) is 24.1. The fourth-order valence-corrected chi connectivity index (χ4v) is 3.80. The summed E-state index contributed by atoms with van der Waals surface area (Å²) in [7, 11) is 1.74. The first kappa shape index (κ1) is 18.9. The molecule has 1 N–H and O–H groups in total. The van der Waals surface area contributed by atoms with Gasteiger partial charge in [-0.1, -0.05) is 0 Å². The number of ether oxygens (including phenoxy) is 3. The van der Waals surface area contributed by atoms with Crippen molar-refractivity contribution in [2.24, 2.45) is 7.05 Å². The molecule has 3 aromatic rings. The van der Waals surface area contributed by atoms with E-state index in [1.165, 1.54) is 0 Å². The first-order chi connectivity index (χ1) is 14.6. The predicted molar refractivity (Wildman–Crippen MR) is 111 cm³/mol. The molecule has 4 heterocycles. The van der Waals surface area contributed by atoms with Crippen molar-refractivity contribution in [1.82, 2.24) is 24.0 Å². The Balaban J connectivity index is 1.44. The predicted octanol–water partition coefficient (Wildman–Crippen LogP) is 1.24. The van der Waals surface area contributed by atoms with E-state index in [-0.39, 0.29) is 12.5 Å². The molecule has 1 aromatic carbocycles. The first-order valence-corrected chi connectivity index (χ1v) is 10.00. The lowest BCUT2D eigenvalue weighted by Crippen LogP contribution is -2.39. The molecule has 5 rings (SSSR count). The lowest BCUT2D eigenvalue weighted by molar-refractivity contribution is 0.0364. The lowest BCUT2D eigenvalue weighted by Gasteiger charge is -2.26. The number of anilines is 2. The van der Waals surface area contributed by atoms with Crippen LogP contribution in [0.5, 0.6) is 11.5 Å². The molecule has 0 amide bonds. The minimum absolute atomic E-state index is 0.0935. The van der Waals surface area contributed by atoms with E-state index in [0.29, 0.717) is 29.4 Å². The van der Waals surface area contributed by atoms with Crippen molar-refractivity contribution in [3.8, 4) is 11.5 Å². The minimum Gasteiger partial charge on any atom is -0.454 e. The summed E-state index contributed by atoms with van der Waals surface area (Å²) in [5, 5.41) is 3.25. The van der Waals surface area contributed by atoms with Gasteiger partial charge in [-0.25, -0.2) is 9.78 Å². The molecular weight excluding hydrogens is 388 g/mol.